The van der Waals surface area contributed by atoms with E-state index >= 15 is 0 Å². The zero-order valence-corrected chi connectivity index (χ0v) is 13.0. The minimum atomic E-state index is -1.61. The Labute approximate surface area is 127 Å². The molecule has 0 aliphatic carbocycles. The van der Waals surface area contributed by atoms with Crippen LogP contribution in [-0.4, -0.2) is 11.8 Å². The molecule has 0 amide bonds. The quantitative estimate of drug-likeness (QED) is 0.411. The number of halogens is 10. The molecule has 0 spiro atoms. The van der Waals surface area contributed by atoms with Crippen molar-refractivity contribution in [1.82, 2.24) is 0 Å². The summed E-state index contributed by atoms with van der Waals surface area (Å²) in [5.41, 5.74) is 0. The van der Waals surface area contributed by atoms with E-state index in [2.05, 4.69) is 0 Å². The molecule has 0 rings (SSSR count). The fourth-order valence-electron chi connectivity index (χ4n) is 0. The lowest BCUT2D eigenvalue weighted by molar-refractivity contribution is 1.76. The summed E-state index contributed by atoms with van der Waals surface area (Å²) >= 11 is 48.1. The molecule has 0 heterocycles. The highest BCUT2D eigenvalue weighted by Crippen LogP contribution is 2.29. The van der Waals surface area contributed by atoms with Crippen LogP contribution in [0.2, 0.25) is 0 Å². The number of rotatable bonds is 0. The fourth-order valence-corrected chi connectivity index (χ4v) is 0. The molecule has 0 radical (unpaired) electrons. The summed E-state index contributed by atoms with van der Waals surface area (Å²) in [5.74, 6) is 0. The van der Waals surface area contributed by atoms with Gasteiger partial charge in [0.25, 0.3) is 3.25 Å². The first kappa shape index (κ1) is 21.2. The normalized spacial score (nSPS) is 10.2. The van der Waals surface area contributed by atoms with Crippen molar-refractivity contribution in [3.8, 4) is 0 Å². The molecule has 0 aromatic rings. The van der Waals surface area contributed by atoms with Crippen LogP contribution in [0.4, 0.5) is 0 Å². The van der Waals surface area contributed by atoms with Gasteiger partial charge in [0.1, 0.15) is 0 Å². The second kappa shape index (κ2) is 13.0. The molecule has 0 atom stereocenters. The van der Waals surface area contributed by atoms with Crippen LogP contribution in [0.1, 0.15) is 0 Å². The van der Waals surface area contributed by atoms with E-state index in [9.17, 15) is 0 Å². The topological polar surface area (TPSA) is 0 Å². The molecule has 0 fully saturated rings. The molecular formula is C3H2Cl10. The van der Waals surface area contributed by atoms with Crippen molar-refractivity contribution in [2.45, 2.75) is 11.8 Å². The molecule has 0 unspecified atom stereocenters. The number of alkyl halides is 10. The highest BCUT2D eigenvalue weighted by atomic mass is 35.6. The molecule has 84 valence electrons. The first-order valence-corrected chi connectivity index (χ1v) is 6.20. The van der Waals surface area contributed by atoms with Crippen molar-refractivity contribution < 1.29 is 0 Å². The number of hydrogen-bond acceptors (Lipinski definition) is 0. The Morgan fingerprint density at radius 2 is 0.538 bits per heavy atom. The van der Waals surface area contributed by atoms with Gasteiger partial charge in [0.15, 0.2) is 8.59 Å². The molecule has 0 aliphatic rings. The predicted octanol–water partition coefficient (Wildman–Crippen LogP) is 6.53. The van der Waals surface area contributed by atoms with E-state index in [1.165, 1.54) is 0 Å². The van der Waals surface area contributed by atoms with Crippen molar-refractivity contribution >= 4 is 116 Å². The Morgan fingerprint density at radius 1 is 0.538 bits per heavy atom. The van der Waals surface area contributed by atoms with Gasteiger partial charge in [0.05, 0.1) is 0 Å². The van der Waals surface area contributed by atoms with Gasteiger partial charge < -0.3 is 0 Å². The van der Waals surface area contributed by atoms with Crippen LogP contribution in [0, 0.1) is 0 Å². The molecule has 0 nitrogen and oxygen atoms in total. The average molecular weight is 393 g/mol. The molecule has 0 bridgehead atoms. The summed E-state index contributed by atoms with van der Waals surface area (Å²) in [6, 6.07) is 0. The molecule has 0 N–H and O–H groups in total. The first-order valence-electron chi connectivity index (χ1n) is 2.07. The Bertz CT molecular complexity index is 65.2. The predicted molar refractivity (Wildman–Crippen MR) is 68.8 cm³/mol. The highest BCUT2D eigenvalue weighted by Gasteiger charge is 2.11. The Kier molecular flexibility index (Phi) is 21.2. The van der Waals surface area contributed by atoms with Crippen LogP contribution >= 0.6 is 116 Å². The van der Waals surface area contributed by atoms with Crippen LogP contribution in [0.5, 0.6) is 0 Å². The first-order chi connectivity index (χ1) is 5.46. The Hall–Kier alpha value is 2.90. The Balaban J connectivity index is -0.000000117. The largest absolute Gasteiger partial charge is 0.266 e. The molecule has 10 heteroatoms. The van der Waals surface area contributed by atoms with Crippen molar-refractivity contribution in [3.05, 3.63) is 0 Å². The molecule has 13 heavy (non-hydrogen) atoms. The third kappa shape index (κ3) is 295. The van der Waals surface area contributed by atoms with Gasteiger partial charge >= 0.3 is 0 Å². The Morgan fingerprint density at radius 3 is 0.538 bits per heavy atom. The monoisotopic (exact) mass is 388 g/mol. The van der Waals surface area contributed by atoms with Gasteiger partial charge in [-0.2, -0.15) is 0 Å². The van der Waals surface area contributed by atoms with Crippen molar-refractivity contribution in [3.63, 3.8) is 0 Å². The zero-order chi connectivity index (χ0) is 11.7. The van der Waals surface area contributed by atoms with Gasteiger partial charge in [-0.15, -0.1) is 0 Å². The van der Waals surface area contributed by atoms with E-state index in [0.29, 0.717) is 0 Å². The minimum Gasteiger partial charge on any atom is -0.0874 e. The lowest BCUT2D eigenvalue weighted by Crippen LogP contribution is -1.81. The summed E-state index contributed by atoms with van der Waals surface area (Å²) < 4.78 is -3.11. The van der Waals surface area contributed by atoms with Crippen LogP contribution < -0.4 is 0 Å². The van der Waals surface area contributed by atoms with E-state index in [1.54, 1.807) is 0 Å². The van der Waals surface area contributed by atoms with E-state index in [4.69, 9.17) is 116 Å². The van der Waals surface area contributed by atoms with E-state index in [0.717, 1.165) is 0 Å². The molecule has 0 aromatic carbocycles. The molecule has 0 saturated carbocycles. The van der Waals surface area contributed by atoms with Gasteiger partial charge in [0.2, 0.25) is 0 Å². The third-order valence-electron chi connectivity index (χ3n) is 0. The van der Waals surface area contributed by atoms with Gasteiger partial charge in [-0.1, -0.05) is 116 Å². The van der Waals surface area contributed by atoms with Gasteiger partial charge in [-0.05, 0) is 0 Å². The molecule has 0 saturated heterocycles. The smallest absolute Gasteiger partial charge is 0.0874 e. The van der Waals surface area contributed by atoms with Gasteiger partial charge in [-0.25, -0.2) is 0 Å². The summed E-state index contributed by atoms with van der Waals surface area (Å²) in [6.45, 7) is 0. The molecular weight excluding hydrogens is 391 g/mol. The second-order valence-corrected chi connectivity index (χ2v) is 8.31. The van der Waals surface area contributed by atoms with Crippen LogP contribution in [0.25, 0.3) is 0 Å². The maximum Gasteiger partial charge on any atom is 0.266 e. The summed E-state index contributed by atoms with van der Waals surface area (Å²) in [6.07, 6.45) is 0. The van der Waals surface area contributed by atoms with E-state index in [1.807, 2.05) is 0 Å². The summed E-state index contributed by atoms with van der Waals surface area (Å²) in [7, 11) is 0. The summed E-state index contributed by atoms with van der Waals surface area (Å²) in [5, 5.41) is 0. The van der Waals surface area contributed by atoms with E-state index < -0.39 is 11.8 Å². The van der Waals surface area contributed by atoms with Gasteiger partial charge in [0, 0.05) is 0 Å². The standard InChI is InChI=1S/CCl4.2CHCl3/c2-1(3,4)5;2*2-1(3)4/h;2*1H. The third-order valence-corrected chi connectivity index (χ3v) is 0. The SMILES string of the molecule is ClC(Cl)(Cl)Cl.ClC(Cl)Cl.ClC(Cl)Cl. The van der Waals surface area contributed by atoms with Crippen molar-refractivity contribution in [2.75, 3.05) is 0 Å². The second-order valence-electron chi connectivity index (χ2n) is 0.923. The summed E-state index contributed by atoms with van der Waals surface area (Å²) in [4.78, 5) is 0. The van der Waals surface area contributed by atoms with Crippen molar-refractivity contribution in [2.24, 2.45) is 0 Å². The maximum absolute atomic E-state index is 4.83. The zero-order valence-electron chi connectivity index (χ0n) is 5.43. The molecule has 0 aromatic heterocycles. The van der Waals surface area contributed by atoms with Crippen LogP contribution in [0.15, 0.2) is 0 Å². The highest BCUT2D eigenvalue weighted by molar-refractivity contribution is 6.83. The molecule has 0 aliphatic heterocycles. The lowest BCUT2D eigenvalue weighted by Gasteiger charge is -1.91. The number of hydrogen-bond donors (Lipinski definition) is 0. The minimum absolute atomic E-state index is 0.750. The van der Waals surface area contributed by atoms with E-state index in [-0.39, 0.29) is 0 Å². The van der Waals surface area contributed by atoms with Gasteiger partial charge in [-0.3, -0.25) is 0 Å². The average Bonchev–Trinajstić information content (AvgIpc) is 1.50. The lowest BCUT2D eigenvalue weighted by atomic mass is 11.8. The van der Waals surface area contributed by atoms with Crippen molar-refractivity contribution in [1.29, 1.82) is 0 Å². The fraction of sp³-hybridized carbons (Fsp3) is 1.00. The maximum atomic E-state index is 4.83. The van der Waals surface area contributed by atoms with Crippen LogP contribution in [0.3, 0.4) is 0 Å². The van der Waals surface area contributed by atoms with Crippen LogP contribution in [-0.2, 0) is 0 Å².